The first-order chi connectivity index (χ1) is 7.70. The van der Waals surface area contributed by atoms with Gasteiger partial charge in [0.15, 0.2) is 5.69 Å². The van der Waals surface area contributed by atoms with E-state index < -0.39 is 0 Å². The zero-order chi connectivity index (χ0) is 11.5. The molecule has 0 spiro atoms. The maximum Gasteiger partial charge on any atom is 0.271 e. The molecule has 0 aliphatic rings. The fourth-order valence-electron chi connectivity index (χ4n) is 1.11. The highest BCUT2D eigenvalue weighted by atomic mass is 127. The number of aromatic nitrogens is 4. The third kappa shape index (κ3) is 2.18. The minimum absolute atomic E-state index is 0.232. The highest BCUT2D eigenvalue weighted by Gasteiger charge is 2.08. The Bertz CT molecular complexity index is 507. The van der Waals surface area contributed by atoms with Gasteiger partial charge in [-0.3, -0.25) is 4.79 Å². The van der Waals surface area contributed by atoms with Gasteiger partial charge in [-0.05, 0) is 28.7 Å². The van der Waals surface area contributed by atoms with Gasteiger partial charge in [-0.2, -0.15) is 5.10 Å². The fourth-order valence-corrected chi connectivity index (χ4v) is 1.39. The number of halogens is 1. The Kier molecular flexibility index (Phi) is 3.13. The summed E-state index contributed by atoms with van der Waals surface area (Å²) in [5.41, 5.74) is 0.338. The Balaban J connectivity index is 2.31. The predicted molar refractivity (Wildman–Crippen MR) is 65.3 cm³/mol. The second-order valence-corrected chi connectivity index (χ2v) is 4.17. The molecule has 0 bridgehead atoms. The summed E-state index contributed by atoms with van der Waals surface area (Å²) in [7, 11) is 1.56. The number of nitrogens with zero attached hydrogens (tertiary/aromatic N) is 4. The van der Waals surface area contributed by atoms with Gasteiger partial charge in [-0.1, -0.05) is 0 Å². The lowest BCUT2D eigenvalue weighted by Gasteiger charge is -1.98. The van der Waals surface area contributed by atoms with Crippen LogP contribution in [0.2, 0.25) is 0 Å². The molecule has 2 aromatic rings. The highest BCUT2D eigenvalue weighted by molar-refractivity contribution is 14.1. The molecule has 1 amide bonds. The number of nitrogens with one attached hydrogen (secondary N) is 1. The number of hydrogen-bond acceptors (Lipinski definition) is 4. The fraction of sp³-hybridized carbons (Fsp3) is 0.111. The van der Waals surface area contributed by atoms with Gasteiger partial charge >= 0.3 is 0 Å². The molecule has 0 radical (unpaired) electrons. The molecular weight excluding hydrogens is 321 g/mol. The van der Waals surface area contributed by atoms with E-state index >= 15 is 0 Å². The number of carbonyl (C=O) groups excluding carboxylic acids is 1. The van der Waals surface area contributed by atoms with Crippen molar-refractivity contribution in [2.24, 2.45) is 0 Å². The SMILES string of the molecule is CNC(=O)c1ccn(-c2ncc(I)cn2)n1. The van der Waals surface area contributed by atoms with Crippen molar-refractivity contribution >= 4 is 28.5 Å². The van der Waals surface area contributed by atoms with Gasteiger partial charge in [0.05, 0.1) is 0 Å². The van der Waals surface area contributed by atoms with Gasteiger partial charge in [0.1, 0.15) is 0 Å². The van der Waals surface area contributed by atoms with Gasteiger partial charge in [-0.25, -0.2) is 14.6 Å². The molecular formula is C9H8IN5O. The summed E-state index contributed by atoms with van der Waals surface area (Å²) in [5.74, 6) is 0.208. The largest absolute Gasteiger partial charge is 0.354 e. The molecule has 0 fully saturated rings. The molecule has 0 aliphatic heterocycles. The maximum atomic E-state index is 11.3. The first kappa shape index (κ1) is 11.0. The summed E-state index contributed by atoms with van der Waals surface area (Å²) in [5, 5.41) is 6.56. The molecule has 1 N–H and O–H groups in total. The molecule has 0 atom stereocenters. The van der Waals surface area contributed by atoms with Crippen molar-refractivity contribution in [3.63, 3.8) is 0 Å². The Hall–Kier alpha value is -1.51. The van der Waals surface area contributed by atoms with Crippen LogP contribution in [-0.4, -0.2) is 32.7 Å². The summed E-state index contributed by atoms with van der Waals surface area (Å²) < 4.78 is 2.40. The van der Waals surface area contributed by atoms with E-state index in [-0.39, 0.29) is 5.91 Å². The summed E-state index contributed by atoms with van der Waals surface area (Å²) in [6.45, 7) is 0. The zero-order valence-electron chi connectivity index (χ0n) is 8.38. The number of hydrogen-bond donors (Lipinski definition) is 1. The molecule has 0 saturated carbocycles. The van der Waals surface area contributed by atoms with Crippen molar-refractivity contribution in [1.82, 2.24) is 25.1 Å². The Morgan fingerprint density at radius 3 is 2.75 bits per heavy atom. The number of amides is 1. The van der Waals surface area contributed by atoms with E-state index in [1.54, 1.807) is 31.7 Å². The summed E-state index contributed by atoms with van der Waals surface area (Å²) in [4.78, 5) is 19.5. The van der Waals surface area contributed by atoms with E-state index in [9.17, 15) is 4.79 Å². The molecule has 2 heterocycles. The van der Waals surface area contributed by atoms with Crippen LogP contribution in [0.25, 0.3) is 5.95 Å². The molecule has 2 aromatic heterocycles. The standard InChI is InChI=1S/C9H8IN5O/c1-11-8(16)7-2-3-15(14-7)9-12-4-6(10)5-13-9/h2-5H,1H3,(H,11,16). The zero-order valence-corrected chi connectivity index (χ0v) is 10.5. The average molecular weight is 329 g/mol. The van der Waals surface area contributed by atoms with Gasteiger partial charge in [0.25, 0.3) is 11.9 Å². The Morgan fingerprint density at radius 1 is 1.44 bits per heavy atom. The van der Waals surface area contributed by atoms with E-state index in [1.165, 1.54) is 4.68 Å². The second kappa shape index (κ2) is 4.56. The monoisotopic (exact) mass is 329 g/mol. The van der Waals surface area contributed by atoms with E-state index in [4.69, 9.17) is 0 Å². The average Bonchev–Trinajstić information content (AvgIpc) is 2.78. The maximum absolute atomic E-state index is 11.3. The Labute approximate surface area is 105 Å². The van der Waals surface area contributed by atoms with Gasteiger partial charge < -0.3 is 5.32 Å². The topological polar surface area (TPSA) is 72.7 Å². The number of carbonyl (C=O) groups is 1. The van der Waals surface area contributed by atoms with Crippen LogP contribution in [-0.2, 0) is 0 Å². The van der Waals surface area contributed by atoms with Crippen LogP contribution in [0.5, 0.6) is 0 Å². The highest BCUT2D eigenvalue weighted by Crippen LogP contribution is 2.04. The van der Waals surface area contributed by atoms with Crippen molar-refractivity contribution in [1.29, 1.82) is 0 Å². The molecule has 2 rings (SSSR count). The van der Waals surface area contributed by atoms with Crippen LogP contribution >= 0.6 is 22.6 Å². The van der Waals surface area contributed by atoms with Crippen LogP contribution in [0.1, 0.15) is 10.5 Å². The molecule has 0 aliphatic carbocycles. The third-order valence-corrected chi connectivity index (χ3v) is 2.42. The Morgan fingerprint density at radius 2 is 2.12 bits per heavy atom. The van der Waals surface area contributed by atoms with Crippen molar-refractivity contribution in [3.05, 3.63) is 33.9 Å². The molecule has 0 unspecified atom stereocenters. The van der Waals surface area contributed by atoms with Crippen molar-refractivity contribution in [2.75, 3.05) is 7.05 Å². The second-order valence-electron chi connectivity index (χ2n) is 2.93. The summed E-state index contributed by atoms with van der Waals surface area (Å²) in [6, 6.07) is 1.61. The van der Waals surface area contributed by atoms with Crippen LogP contribution in [0.4, 0.5) is 0 Å². The van der Waals surface area contributed by atoms with Crippen molar-refractivity contribution in [2.45, 2.75) is 0 Å². The van der Waals surface area contributed by atoms with Crippen LogP contribution in [0, 0.1) is 3.57 Å². The first-order valence-electron chi connectivity index (χ1n) is 4.46. The lowest BCUT2D eigenvalue weighted by Crippen LogP contribution is -2.18. The molecule has 7 heteroatoms. The van der Waals surface area contributed by atoms with Crippen LogP contribution in [0.15, 0.2) is 24.7 Å². The first-order valence-corrected chi connectivity index (χ1v) is 5.54. The quantitative estimate of drug-likeness (QED) is 0.820. The van der Waals surface area contributed by atoms with E-state index in [1.807, 2.05) is 0 Å². The normalized spacial score (nSPS) is 10.1. The van der Waals surface area contributed by atoms with Crippen LogP contribution < -0.4 is 5.32 Å². The van der Waals surface area contributed by atoms with Gasteiger partial charge in [0, 0.05) is 29.2 Å². The minimum atomic E-state index is -0.232. The lowest BCUT2D eigenvalue weighted by atomic mass is 10.4. The molecule has 16 heavy (non-hydrogen) atoms. The summed E-state index contributed by atoms with van der Waals surface area (Å²) >= 11 is 2.12. The molecule has 0 saturated heterocycles. The summed E-state index contributed by atoms with van der Waals surface area (Å²) in [6.07, 6.45) is 5.01. The molecule has 0 aromatic carbocycles. The van der Waals surface area contributed by atoms with Crippen LogP contribution in [0.3, 0.4) is 0 Å². The number of rotatable bonds is 2. The van der Waals surface area contributed by atoms with Crippen molar-refractivity contribution < 1.29 is 4.79 Å². The smallest absolute Gasteiger partial charge is 0.271 e. The predicted octanol–water partition coefficient (Wildman–Crippen LogP) is 0.627. The van der Waals surface area contributed by atoms with Crippen molar-refractivity contribution in [3.8, 4) is 5.95 Å². The molecule has 82 valence electrons. The van der Waals surface area contributed by atoms with E-state index in [2.05, 4.69) is 43.0 Å². The van der Waals surface area contributed by atoms with Gasteiger partial charge in [0.2, 0.25) is 0 Å². The molecule has 6 nitrogen and oxygen atoms in total. The third-order valence-electron chi connectivity index (χ3n) is 1.86. The lowest BCUT2D eigenvalue weighted by molar-refractivity contribution is 0.0957. The minimum Gasteiger partial charge on any atom is -0.354 e. The van der Waals surface area contributed by atoms with E-state index in [0.717, 1.165) is 3.57 Å². The van der Waals surface area contributed by atoms with Gasteiger partial charge in [-0.15, -0.1) is 0 Å². The van der Waals surface area contributed by atoms with E-state index in [0.29, 0.717) is 11.6 Å².